The van der Waals surface area contributed by atoms with Gasteiger partial charge in [-0.15, -0.1) is 11.3 Å². The summed E-state index contributed by atoms with van der Waals surface area (Å²) in [7, 11) is 3.96. The van der Waals surface area contributed by atoms with Gasteiger partial charge in [0, 0.05) is 29.9 Å². The van der Waals surface area contributed by atoms with Crippen LogP contribution in [0.3, 0.4) is 0 Å². The quantitative estimate of drug-likeness (QED) is 0.240. The number of amides is 3. The minimum Gasteiger partial charge on any atom is -0.492 e. The highest BCUT2D eigenvalue weighted by Gasteiger charge is 2.33. The van der Waals surface area contributed by atoms with Gasteiger partial charge in [-0.1, -0.05) is 26.7 Å². The Labute approximate surface area is 249 Å². The number of ether oxygens (including phenoxy) is 1. The van der Waals surface area contributed by atoms with Gasteiger partial charge in [-0.3, -0.25) is 25.2 Å². The maximum atomic E-state index is 13.1. The summed E-state index contributed by atoms with van der Waals surface area (Å²) in [6.45, 7) is 6.53. The van der Waals surface area contributed by atoms with Gasteiger partial charge in [0.05, 0.1) is 0 Å². The smallest absolute Gasteiger partial charge is 0.289 e. The van der Waals surface area contributed by atoms with Crippen LogP contribution in [0.1, 0.15) is 67.0 Å². The zero-order valence-electron chi connectivity index (χ0n) is 24.6. The third-order valence-corrected chi connectivity index (χ3v) is 8.10. The Hall–Kier alpha value is -3.64. The Bertz CT molecular complexity index is 1410. The standard InChI is InChI=1S/C30H40N6O5S/c1-18(2)16-36(21-7-8-21)30-32-24(17-42-30)28(38)34-33-27(37)23(13-19-5-6-19)31-29(39)26-15-20-14-22(9-10-25(20)41-26)40-12-11-35(3)4/h9-10,14-15,17-19,21,23H,5-8,11-13,16H2,1-4H3,(H,31,39)(H,33,37)(H,34,38)/t23-/m0/s1. The van der Waals surface area contributed by atoms with Crippen LogP contribution in [0.5, 0.6) is 5.75 Å². The number of hydrogen-bond donors (Lipinski definition) is 3. The van der Waals surface area contributed by atoms with E-state index in [0.29, 0.717) is 42.2 Å². The summed E-state index contributed by atoms with van der Waals surface area (Å²) in [6.07, 6.45) is 4.76. The van der Waals surface area contributed by atoms with E-state index in [-0.39, 0.29) is 11.5 Å². The van der Waals surface area contributed by atoms with Gasteiger partial charge in [0.1, 0.15) is 29.7 Å². The molecular weight excluding hydrogens is 556 g/mol. The SMILES string of the molecule is CC(C)CN(c1nc(C(=O)NNC(=O)[C@H](CC2CC2)NC(=O)c2cc3cc(OCCN(C)C)ccc3o2)cs1)C1CC1. The van der Waals surface area contributed by atoms with Gasteiger partial charge in [-0.05, 0) is 69.5 Å². The Morgan fingerprint density at radius 1 is 1.10 bits per heavy atom. The molecule has 0 unspecified atom stereocenters. The van der Waals surface area contributed by atoms with Crippen molar-refractivity contribution in [2.24, 2.45) is 11.8 Å². The molecule has 0 radical (unpaired) electrons. The highest BCUT2D eigenvalue weighted by Crippen LogP contribution is 2.35. The summed E-state index contributed by atoms with van der Waals surface area (Å²) in [6, 6.07) is 6.68. The lowest BCUT2D eigenvalue weighted by molar-refractivity contribution is -0.124. The van der Waals surface area contributed by atoms with Crippen molar-refractivity contribution >= 4 is 45.2 Å². The van der Waals surface area contributed by atoms with Gasteiger partial charge in [0.15, 0.2) is 10.9 Å². The summed E-state index contributed by atoms with van der Waals surface area (Å²) in [5.41, 5.74) is 5.75. The van der Waals surface area contributed by atoms with Crippen molar-refractivity contribution in [3.8, 4) is 5.75 Å². The second-order valence-electron chi connectivity index (χ2n) is 11.9. The number of likely N-dealkylation sites (N-methyl/N-ethyl adjacent to an activating group) is 1. The first-order valence-electron chi connectivity index (χ1n) is 14.6. The Morgan fingerprint density at radius 3 is 2.57 bits per heavy atom. The van der Waals surface area contributed by atoms with Crippen LogP contribution in [0.2, 0.25) is 0 Å². The molecule has 0 spiro atoms. The van der Waals surface area contributed by atoms with E-state index >= 15 is 0 Å². The van der Waals surface area contributed by atoms with Crippen molar-refractivity contribution in [1.82, 2.24) is 26.1 Å². The molecule has 3 amide bonds. The van der Waals surface area contributed by atoms with E-state index in [9.17, 15) is 14.4 Å². The van der Waals surface area contributed by atoms with Crippen LogP contribution < -0.4 is 25.8 Å². The largest absolute Gasteiger partial charge is 0.492 e. The van der Waals surface area contributed by atoms with E-state index < -0.39 is 23.8 Å². The van der Waals surface area contributed by atoms with E-state index in [1.54, 1.807) is 23.6 Å². The maximum absolute atomic E-state index is 13.1. The first-order valence-corrected chi connectivity index (χ1v) is 15.5. The van der Waals surface area contributed by atoms with Gasteiger partial charge in [0.25, 0.3) is 17.7 Å². The van der Waals surface area contributed by atoms with E-state index in [1.165, 1.54) is 11.3 Å². The van der Waals surface area contributed by atoms with Crippen LogP contribution in [-0.2, 0) is 4.79 Å². The number of hydrazine groups is 1. The molecule has 2 aliphatic carbocycles. The molecule has 12 heteroatoms. The van der Waals surface area contributed by atoms with Crippen LogP contribution in [0.15, 0.2) is 34.1 Å². The summed E-state index contributed by atoms with van der Waals surface area (Å²) >= 11 is 1.43. The normalized spacial score (nSPS) is 15.6. The first kappa shape index (κ1) is 29.8. The van der Waals surface area contributed by atoms with Gasteiger partial charge >= 0.3 is 0 Å². The number of hydrogen-bond acceptors (Lipinski definition) is 9. The molecule has 1 aromatic carbocycles. The van der Waals surface area contributed by atoms with Crippen molar-refractivity contribution in [1.29, 1.82) is 0 Å². The fraction of sp³-hybridized carbons (Fsp3) is 0.533. The number of thiazole rings is 1. The Morgan fingerprint density at radius 2 is 1.88 bits per heavy atom. The minimum atomic E-state index is -0.828. The predicted molar refractivity (Wildman–Crippen MR) is 162 cm³/mol. The maximum Gasteiger partial charge on any atom is 0.289 e. The predicted octanol–water partition coefficient (Wildman–Crippen LogP) is 3.81. The molecular formula is C30H40N6O5S. The minimum absolute atomic E-state index is 0.102. The number of furan rings is 1. The second kappa shape index (κ2) is 13.1. The highest BCUT2D eigenvalue weighted by molar-refractivity contribution is 7.14. The number of carbonyl (C=O) groups is 3. The molecule has 1 atom stereocenters. The molecule has 42 heavy (non-hydrogen) atoms. The number of aromatic nitrogens is 1. The van der Waals surface area contributed by atoms with Crippen LogP contribution in [0, 0.1) is 11.8 Å². The van der Waals surface area contributed by atoms with E-state index in [2.05, 4.69) is 39.9 Å². The zero-order chi connectivity index (χ0) is 29.8. The van der Waals surface area contributed by atoms with E-state index in [1.807, 2.05) is 25.1 Å². The van der Waals surface area contributed by atoms with Crippen LogP contribution in [0.25, 0.3) is 11.0 Å². The lowest BCUT2D eigenvalue weighted by Gasteiger charge is -2.23. The third kappa shape index (κ3) is 8.01. The number of carbonyl (C=O) groups excluding carboxylic acids is 3. The highest BCUT2D eigenvalue weighted by atomic mass is 32.1. The second-order valence-corrected chi connectivity index (χ2v) is 12.7. The van der Waals surface area contributed by atoms with Crippen LogP contribution in [0.4, 0.5) is 5.13 Å². The van der Waals surface area contributed by atoms with Gasteiger partial charge in [-0.2, -0.15) is 0 Å². The number of rotatable bonds is 14. The van der Waals surface area contributed by atoms with Gasteiger partial charge < -0.3 is 24.3 Å². The van der Waals surface area contributed by atoms with Crippen LogP contribution in [-0.4, -0.2) is 73.5 Å². The summed E-state index contributed by atoms with van der Waals surface area (Å²) in [4.78, 5) is 47.8. The fourth-order valence-electron chi connectivity index (χ4n) is 4.65. The molecule has 11 nitrogen and oxygen atoms in total. The molecule has 2 heterocycles. The fourth-order valence-corrected chi connectivity index (χ4v) is 5.54. The molecule has 3 N–H and O–H groups in total. The molecule has 2 aromatic heterocycles. The average Bonchev–Trinajstić information content (AvgIpc) is 3.87. The van der Waals surface area contributed by atoms with E-state index in [4.69, 9.17) is 9.15 Å². The zero-order valence-corrected chi connectivity index (χ0v) is 25.5. The topological polar surface area (TPSA) is 129 Å². The molecule has 3 aromatic rings. The third-order valence-electron chi connectivity index (χ3n) is 7.23. The molecule has 2 saturated carbocycles. The first-order chi connectivity index (χ1) is 20.2. The van der Waals surface area contributed by atoms with Gasteiger partial charge in [-0.25, -0.2) is 4.98 Å². The van der Waals surface area contributed by atoms with Crippen molar-refractivity contribution in [2.75, 3.05) is 38.7 Å². The Balaban J connectivity index is 1.18. The number of anilines is 1. The number of nitrogens with zero attached hydrogens (tertiary/aromatic N) is 3. The lowest BCUT2D eigenvalue weighted by Crippen LogP contribution is -2.52. The van der Waals surface area contributed by atoms with Crippen molar-refractivity contribution < 1.29 is 23.5 Å². The van der Waals surface area contributed by atoms with E-state index in [0.717, 1.165) is 49.3 Å². The average molecular weight is 597 g/mol. The molecule has 226 valence electrons. The summed E-state index contributed by atoms with van der Waals surface area (Å²) in [5.74, 6) is 0.132. The number of fused-ring (bicyclic) bond motifs is 1. The molecule has 5 rings (SSSR count). The molecule has 0 aliphatic heterocycles. The summed E-state index contributed by atoms with van der Waals surface area (Å²) < 4.78 is 11.5. The van der Waals surface area contributed by atoms with Crippen LogP contribution >= 0.6 is 11.3 Å². The lowest BCUT2D eigenvalue weighted by atomic mass is 10.1. The molecule has 0 bridgehead atoms. The van der Waals surface area contributed by atoms with Crippen molar-refractivity contribution in [2.45, 2.75) is 58.0 Å². The molecule has 2 fully saturated rings. The van der Waals surface area contributed by atoms with Gasteiger partial charge in [0.2, 0.25) is 0 Å². The number of nitrogens with one attached hydrogen (secondary N) is 3. The molecule has 2 aliphatic rings. The number of benzene rings is 1. The Kier molecular flexibility index (Phi) is 9.32. The molecule has 0 saturated heterocycles. The van der Waals surface area contributed by atoms with Crippen molar-refractivity contribution in [3.63, 3.8) is 0 Å². The summed E-state index contributed by atoms with van der Waals surface area (Å²) in [5, 5.41) is 6.05. The van der Waals surface area contributed by atoms with Crippen molar-refractivity contribution in [3.05, 3.63) is 41.1 Å². The monoisotopic (exact) mass is 596 g/mol.